The van der Waals surface area contributed by atoms with E-state index in [9.17, 15) is 0 Å². The van der Waals surface area contributed by atoms with Crippen LogP contribution in [0, 0.1) is 16.7 Å². The van der Waals surface area contributed by atoms with Gasteiger partial charge in [-0.15, -0.1) is 0 Å². The monoisotopic (exact) mass is 253 g/mol. The van der Waals surface area contributed by atoms with Gasteiger partial charge in [0.15, 0.2) is 0 Å². The summed E-state index contributed by atoms with van der Waals surface area (Å²) < 4.78 is 6.21. The standard InChI is InChI=1S/C14H27N3O/c1-9-11(16-17-15)10(8-13(2,3)4)18-12(9)14(5,6)7/h9-12H,8H2,1-7H3. The summed E-state index contributed by atoms with van der Waals surface area (Å²) in [5.41, 5.74) is 9.01. The van der Waals surface area contributed by atoms with Crippen LogP contribution < -0.4 is 0 Å². The van der Waals surface area contributed by atoms with Crippen LogP contribution in [0.15, 0.2) is 5.11 Å². The van der Waals surface area contributed by atoms with Gasteiger partial charge < -0.3 is 4.74 Å². The van der Waals surface area contributed by atoms with Gasteiger partial charge in [0, 0.05) is 4.91 Å². The van der Waals surface area contributed by atoms with Crippen molar-refractivity contribution in [3.63, 3.8) is 0 Å². The molecule has 0 aliphatic carbocycles. The molecule has 4 heteroatoms. The first-order valence-corrected chi connectivity index (χ1v) is 6.76. The van der Waals surface area contributed by atoms with Crippen molar-refractivity contribution in [2.24, 2.45) is 21.9 Å². The predicted octanol–water partition coefficient (Wildman–Crippen LogP) is 4.55. The van der Waals surface area contributed by atoms with Crippen molar-refractivity contribution in [3.8, 4) is 0 Å². The van der Waals surface area contributed by atoms with Crippen LogP contribution in [0.5, 0.6) is 0 Å². The molecule has 4 unspecified atom stereocenters. The minimum atomic E-state index is -0.0431. The van der Waals surface area contributed by atoms with E-state index < -0.39 is 0 Å². The zero-order valence-corrected chi connectivity index (χ0v) is 12.8. The van der Waals surface area contributed by atoms with Crippen molar-refractivity contribution in [2.45, 2.75) is 73.1 Å². The summed E-state index contributed by atoms with van der Waals surface area (Å²) in [6.07, 6.45) is 1.12. The number of hydrogen-bond donors (Lipinski definition) is 0. The van der Waals surface area contributed by atoms with Crippen molar-refractivity contribution in [3.05, 3.63) is 10.4 Å². The van der Waals surface area contributed by atoms with Crippen LogP contribution in [0.25, 0.3) is 10.4 Å². The van der Waals surface area contributed by atoms with E-state index in [-0.39, 0.29) is 35.0 Å². The van der Waals surface area contributed by atoms with E-state index in [2.05, 4.69) is 58.5 Å². The van der Waals surface area contributed by atoms with E-state index in [1.807, 2.05) is 0 Å². The molecule has 1 aliphatic heterocycles. The summed E-state index contributed by atoms with van der Waals surface area (Å²) in [6, 6.07) is -0.0431. The Morgan fingerprint density at radius 1 is 1.17 bits per heavy atom. The van der Waals surface area contributed by atoms with Gasteiger partial charge in [0.25, 0.3) is 0 Å². The molecule has 1 heterocycles. The number of ether oxygens (including phenoxy) is 1. The summed E-state index contributed by atoms with van der Waals surface area (Å²) in [5, 5.41) is 3.99. The topological polar surface area (TPSA) is 58.0 Å². The third-order valence-electron chi connectivity index (χ3n) is 3.57. The third kappa shape index (κ3) is 3.63. The van der Waals surface area contributed by atoms with Gasteiger partial charge in [0.2, 0.25) is 0 Å². The Hall–Kier alpha value is -0.730. The molecular weight excluding hydrogens is 226 g/mol. The number of hydrogen-bond acceptors (Lipinski definition) is 2. The molecule has 1 rings (SSSR count). The zero-order valence-electron chi connectivity index (χ0n) is 12.8. The Labute approximate surface area is 111 Å². The minimum absolute atomic E-state index is 0.0418. The number of nitrogens with zero attached hydrogens (tertiary/aromatic N) is 3. The Bertz CT molecular complexity index is 334. The first-order valence-electron chi connectivity index (χ1n) is 6.76. The smallest absolute Gasteiger partial charge is 0.0687 e. The lowest BCUT2D eigenvalue weighted by molar-refractivity contribution is -0.0401. The molecule has 0 N–H and O–H groups in total. The molecule has 4 atom stereocenters. The molecule has 1 aliphatic rings. The summed E-state index contributed by atoms with van der Waals surface area (Å²) in [7, 11) is 0. The maximum atomic E-state index is 8.75. The van der Waals surface area contributed by atoms with Crippen molar-refractivity contribution in [2.75, 3.05) is 0 Å². The highest BCUT2D eigenvalue weighted by atomic mass is 16.5. The van der Waals surface area contributed by atoms with Crippen LogP contribution >= 0.6 is 0 Å². The van der Waals surface area contributed by atoms with E-state index in [1.165, 1.54) is 0 Å². The molecule has 4 nitrogen and oxygen atoms in total. The Morgan fingerprint density at radius 2 is 1.72 bits per heavy atom. The lowest BCUT2D eigenvalue weighted by Gasteiger charge is -2.30. The van der Waals surface area contributed by atoms with Crippen LogP contribution in [-0.4, -0.2) is 18.2 Å². The Morgan fingerprint density at radius 3 is 2.11 bits per heavy atom. The Balaban J connectivity index is 2.93. The molecule has 0 amide bonds. The molecule has 0 radical (unpaired) electrons. The van der Waals surface area contributed by atoms with Gasteiger partial charge in [0.1, 0.15) is 0 Å². The molecule has 0 aromatic carbocycles. The minimum Gasteiger partial charge on any atom is -0.374 e. The lowest BCUT2D eigenvalue weighted by Crippen LogP contribution is -2.32. The van der Waals surface area contributed by atoms with Crippen molar-refractivity contribution >= 4 is 0 Å². The largest absolute Gasteiger partial charge is 0.374 e. The van der Waals surface area contributed by atoms with Crippen LogP contribution in [-0.2, 0) is 4.74 Å². The summed E-state index contributed by atoms with van der Waals surface area (Å²) >= 11 is 0. The first kappa shape index (κ1) is 15.3. The van der Waals surface area contributed by atoms with E-state index in [1.54, 1.807) is 0 Å². The molecule has 18 heavy (non-hydrogen) atoms. The number of rotatable bonds is 2. The highest BCUT2D eigenvalue weighted by Gasteiger charge is 2.46. The maximum absolute atomic E-state index is 8.75. The second kappa shape index (κ2) is 5.10. The Kier molecular flexibility index (Phi) is 4.34. The highest BCUT2D eigenvalue weighted by Crippen LogP contribution is 2.42. The average Bonchev–Trinajstić information content (AvgIpc) is 2.43. The van der Waals surface area contributed by atoms with Crippen LogP contribution in [0.4, 0.5) is 0 Å². The molecule has 1 fully saturated rings. The zero-order chi connectivity index (χ0) is 14.1. The molecular formula is C14H27N3O. The lowest BCUT2D eigenvalue weighted by atomic mass is 9.79. The fourth-order valence-corrected chi connectivity index (χ4v) is 2.91. The molecule has 0 aromatic rings. The normalized spacial score (nSPS) is 33.3. The summed E-state index contributed by atoms with van der Waals surface area (Å²) in [4.78, 5) is 3.01. The van der Waals surface area contributed by atoms with E-state index in [0.29, 0.717) is 0 Å². The van der Waals surface area contributed by atoms with Crippen molar-refractivity contribution in [1.29, 1.82) is 0 Å². The van der Waals surface area contributed by atoms with Gasteiger partial charge >= 0.3 is 0 Å². The molecule has 0 spiro atoms. The van der Waals surface area contributed by atoms with Crippen LogP contribution in [0.3, 0.4) is 0 Å². The fraction of sp³-hybridized carbons (Fsp3) is 1.00. The first-order chi connectivity index (χ1) is 8.06. The molecule has 104 valence electrons. The summed E-state index contributed by atoms with van der Waals surface area (Å²) in [6.45, 7) is 15.3. The van der Waals surface area contributed by atoms with Gasteiger partial charge in [-0.25, -0.2) is 0 Å². The van der Waals surface area contributed by atoms with Crippen molar-refractivity contribution < 1.29 is 4.74 Å². The summed E-state index contributed by atoms with van der Waals surface area (Å²) in [5.74, 6) is 0.272. The van der Waals surface area contributed by atoms with Crippen LogP contribution in [0.1, 0.15) is 54.9 Å². The van der Waals surface area contributed by atoms with Crippen LogP contribution in [0.2, 0.25) is 0 Å². The number of azide groups is 1. The fourth-order valence-electron chi connectivity index (χ4n) is 2.91. The van der Waals surface area contributed by atoms with E-state index >= 15 is 0 Å². The maximum Gasteiger partial charge on any atom is 0.0687 e. The molecule has 1 saturated heterocycles. The van der Waals surface area contributed by atoms with Crippen molar-refractivity contribution in [1.82, 2.24) is 0 Å². The van der Waals surface area contributed by atoms with Gasteiger partial charge in [-0.2, -0.15) is 0 Å². The second-order valence-corrected chi connectivity index (χ2v) is 7.78. The molecule has 0 aromatic heterocycles. The predicted molar refractivity (Wildman–Crippen MR) is 74.3 cm³/mol. The second-order valence-electron chi connectivity index (χ2n) is 7.78. The SMILES string of the molecule is CC1C(N=[N+]=[N-])C(CC(C)(C)C)OC1C(C)(C)C. The third-order valence-corrected chi connectivity index (χ3v) is 3.57. The van der Waals surface area contributed by atoms with Gasteiger partial charge in [-0.1, -0.05) is 53.6 Å². The van der Waals surface area contributed by atoms with Gasteiger partial charge in [-0.05, 0) is 28.7 Å². The highest BCUT2D eigenvalue weighted by molar-refractivity contribution is 4.98. The molecule has 0 saturated carbocycles. The van der Waals surface area contributed by atoms with E-state index in [0.717, 1.165) is 6.42 Å². The van der Waals surface area contributed by atoms with Gasteiger partial charge in [0.05, 0.1) is 18.2 Å². The van der Waals surface area contributed by atoms with E-state index in [4.69, 9.17) is 10.3 Å². The average molecular weight is 253 g/mol. The quantitative estimate of drug-likeness (QED) is 0.404. The molecule has 0 bridgehead atoms. The van der Waals surface area contributed by atoms with Gasteiger partial charge in [-0.3, -0.25) is 0 Å².